The van der Waals surface area contributed by atoms with E-state index < -0.39 is 0 Å². The lowest BCUT2D eigenvalue weighted by Gasteiger charge is -1.79. The molecule has 5 heteroatoms. The van der Waals surface area contributed by atoms with Crippen LogP contribution in [-0.4, -0.2) is 4.90 Å². The maximum absolute atomic E-state index is 7.76. The van der Waals surface area contributed by atoms with E-state index in [0.29, 0.717) is 4.90 Å². The molecule has 0 aliphatic heterocycles. The Morgan fingerprint density at radius 3 is 1.12 bits per heavy atom. The van der Waals surface area contributed by atoms with Crippen molar-refractivity contribution in [2.24, 2.45) is 0 Å². The first-order valence-electron chi connectivity index (χ1n) is 1.34. The molecule has 3 N–H and O–H groups in total. The molecule has 0 bridgehead atoms. The van der Waals surface area contributed by atoms with Crippen molar-refractivity contribution < 1.29 is 0 Å². The summed E-state index contributed by atoms with van der Waals surface area (Å²) in [6.07, 6.45) is 3.94. The smallest absolute Gasteiger partial charge is 0.208 e. The first-order chi connectivity index (χ1) is 3.35. The third-order valence-corrected chi connectivity index (χ3v) is 0.300. The molecule has 0 radical (unpaired) electrons. The standard InChI is InChI=1S/C3N4.H3N/c4-1-7(2-5)3-6;/h;1H3. The van der Waals surface area contributed by atoms with E-state index >= 15 is 0 Å². The van der Waals surface area contributed by atoms with Gasteiger partial charge in [-0.05, 0) is 0 Å². The molecule has 0 atom stereocenters. The monoisotopic (exact) mass is 109 g/mol. The van der Waals surface area contributed by atoms with Gasteiger partial charge in [0, 0.05) is 0 Å². The average Bonchev–Trinajstić information content (AvgIpc) is 1.72. The van der Waals surface area contributed by atoms with Gasteiger partial charge in [0.1, 0.15) is 0 Å². The summed E-state index contributed by atoms with van der Waals surface area (Å²) in [7, 11) is 0. The van der Waals surface area contributed by atoms with Gasteiger partial charge in [-0.3, -0.25) is 0 Å². The second-order valence-electron chi connectivity index (χ2n) is 0.635. The maximum atomic E-state index is 7.76. The highest BCUT2D eigenvalue weighted by Gasteiger charge is 1.88. The van der Waals surface area contributed by atoms with Gasteiger partial charge in [-0.25, -0.2) is 0 Å². The zero-order chi connectivity index (χ0) is 5.70. The number of nitrogens with zero attached hydrogens (tertiary/aromatic N) is 4. The van der Waals surface area contributed by atoms with Crippen LogP contribution in [0.1, 0.15) is 0 Å². The zero-order valence-corrected chi connectivity index (χ0v) is 4.00. The molecule has 0 rings (SSSR count). The maximum Gasteiger partial charge on any atom is 0.208 e. The normalized spacial score (nSPS) is 4.12. The molecular formula is C3H3N5. The highest BCUT2D eigenvalue weighted by molar-refractivity contribution is 4.96. The third kappa shape index (κ3) is 2.47. The van der Waals surface area contributed by atoms with Crippen LogP contribution in [0.4, 0.5) is 0 Å². The van der Waals surface area contributed by atoms with Crippen LogP contribution in [0.5, 0.6) is 0 Å². The molecule has 0 aromatic rings. The Balaban J connectivity index is 0. The minimum atomic E-state index is 0. The van der Waals surface area contributed by atoms with E-state index in [0.717, 1.165) is 0 Å². The third-order valence-electron chi connectivity index (χ3n) is 0.300. The van der Waals surface area contributed by atoms with Crippen LogP contribution in [0.2, 0.25) is 0 Å². The van der Waals surface area contributed by atoms with Gasteiger partial charge in [-0.1, -0.05) is 0 Å². The largest absolute Gasteiger partial charge is 0.344 e. The van der Waals surface area contributed by atoms with Crippen molar-refractivity contribution in [2.45, 2.75) is 0 Å². The molecule has 0 heterocycles. The molecule has 5 nitrogen and oxygen atoms in total. The van der Waals surface area contributed by atoms with Crippen LogP contribution < -0.4 is 6.15 Å². The number of hydrogen-bond donors (Lipinski definition) is 1. The van der Waals surface area contributed by atoms with Crippen molar-refractivity contribution in [3.05, 3.63) is 0 Å². The van der Waals surface area contributed by atoms with E-state index in [1.54, 1.807) is 0 Å². The molecule has 0 fully saturated rings. The Kier molecular flexibility index (Phi) is 6.23. The first kappa shape index (κ1) is 9.52. The predicted octanol–water partition coefficient (Wildman–Crippen LogP) is -0.106. The molecule has 0 spiro atoms. The molecule has 8 heavy (non-hydrogen) atoms. The van der Waals surface area contributed by atoms with Gasteiger partial charge in [0.2, 0.25) is 18.6 Å². The van der Waals surface area contributed by atoms with E-state index in [9.17, 15) is 0 Å². The predicted molar refractivity (Wildman–Crippen MR) is 23.7 cm³/mol. The fraction of sp³-hybridized carbons (Fsp3) is 0. The molecule has 40 valence electrons. The summed E-state index contributed by atoms with van der Waals surface area (Å²) in [6, 6.07) is 0. The van der Waals surface area contributed by atoms with Crippen LogP contribution in [0.25, 0.3) is 0 Å². The van der Waals surface area contributed by atoms with Crippen molar-refractivity contribution in [3.8, 4) is 18.6 Å². The van der Waals surface area contributed by atoms with Crippen molar-refractivity contribution in [3.63, 3.8) is 0 Å². The van der Waals surface area contributed by atoms with Gasteiger partial charge in [-0.2, -0.15) is 15.8 Å². The summed E-state index contributed by atoms with van der Waals surface area (Å²) in [6.45, 7) is 0. The summed E-state index contributed by atoms with van der Waals surface area (Å²) in [5.41, 5.74) is 0. The lowest BCUT2D eigenvalue weighted by Crippen LogP contribution is -1.98. The minimum absolute atomic E-state index is 0. The molecule has 0 saturated carbocycles. The fourth-order valence-corrected chi connectivity index (χ4v) is 0.0671. The van der Waals surface area contributed by atoms with Crippen LogP contribution >= 0.6 is 0 Å². The van der Waals surface area contributed by atoms with Crippen molar-refractivity contribution >= 4 is 0 Å². The van der Waals surface area contributed by atoms with E-state index in [1.807, 2.05) is 0 Å². The van der Waals surface area contributed by atoms with Gasteiger partial charge in [0.05, 0.1) is 0 Å². The summed E-state index contributed by atoms with van der Waals surface area (Å²) in [4.78, 5) is 0.292. The molecule has 0 aromatic carbocycles. The van der Waals surface area contributed by atoms with Crippen LogP contribution in [-0.2, 0) is 0 Å². The van der Waals surface area contributed by atoms with Gasteiger partial charge in [0.25, 0.3) is 0 Å². The molecule has 0 saturated heterocycles. The van der Waals surface area contributed by atoms with E-state index in [1.165, 1.54) is 18.6 Å². The summed E-state index contributed by atoms with van der Waals surface area (Å²) in [5.74, 6) is 0. The van der Waals surface area contributed by atoms with Gasteiger partial charge >= 0.3 is 0 Å². The van der Waals surface area contributed by atoms with Crippen LogP contribution in [0, 0.1) is 34.4 Å². The highest BCUT2D eigenvalue weighted by atomic mass is 15.1. The average molecular weight is 109 g/mol. The number of nitriles is 3. The Morgan fingerprint density at radius 1 is 0.875 bits per heavy atom. The molecule has 0 unspecified atom stereocenters. The van der Waals surface area contributed by atoms with Gasteiger partial charge in [0.15, 0.2) is 0 Å². The SMILES string of the molecule is N.N#CN(C#N)C#N. The Morgan fingerprint density at radius 2 is 1.12 bits per heavy atom. The molecule has 0 amide bonds. The highest BCUT2D eigenvalue weighted by Crippen LogP contribution is 1.69. The van der Waals surface area contributed by atoms with Crippen LogP contribution in [0.3, 0.4) is 0 Å². The van der Waals surface area contributed by atoms with Crippen LogP contribution in [0.15, 0.2) is 0 Å². The van der Waals surface area contributed by atoms with Crippen molar-refractivity contribution in [1.29, 1.82) is 15.8 Å². The lowest BCUT2D eigenvalue weighted by molar-refractivity contribution is 0.761. The Hall–Kier alpha value is -1.77. The topological polar surface area (TPSA) is 110 Å². The fourth-order valence-electron chi connectivity index (χ4n) is 0.0671. The first-order valence-corrected chi connectivity index (χ1v) is 1.34. The van der Waals surface area contributed by atoms with Crippen molar-refractivity contribution in [1.82, 2.24) is 11.1 Å². The number of rotatable bonds is 0. The van der Waals surface area contributed by atoms with Crippen molar-refractivity contribution in [2.75, 3.05) is 0 Å². The Labute approximate surface area is 46.5 Å². The zero-order valence-electron chi connectivity index (χ0n) is 4.00. The van der Waals surface area contributed by atoms with E-state index in [-0.39, 0.29) is 6.15 Å². The summed E-state index contributed by atoms with van der Waals surface area (Å²) >= 11 is 0. The Bertz CT molecular complexity index is 130. The molecule has 0 aromatic heterocycles. The summed E-state index contributed by atoms with van der Waals surface area (Å²) < 4.78 is 0. The second-order valence-corrected chi connectivity index (χ2v) is 0.635. The second kappa shape index (κ2) is 5.23. The van der Waals surface area contributed by atoms with Gasteiger partial charge < -0.3 is 6.15 Å². The van der Waals surface area contributed by atoms with Gasteiger partial charge in [-0.15, -0.1) is 4.90 Å². The number of hydrogen-bond acceptors (Lipinski definition) is 5. The molecule has 0 aliphatic carbocycles. The molecule has 0 aliphatic rings. The quantitative estimate of drug-likeness (QED) is 0.344. The van der Waals surface area contributed by atoms with E-state index in [4.69, 9.17) is 15.8 Å². The molecular weight excluding hydrogens is 106 g/mol. The lowest BCUT2D eigenvalue weighted by atomic mass is 10.9. The minimum Gasteiger partial charge on any atom is -0.344 e. The summed E-state index contributed by atoms with van der Waals surface area (Å²) in [5, 5.41) is 23.3. The van der Waals surface area contributed by atoms with E-state index in [2.05, 4.69) is 0 Å².